The van der Waals surface area contributed by atoms with Gasteiger partial charge in [-0.15, -0.1) is 0 Å². The molecular formula is C9H17NaO3S. The number of hydrogen-bond donors (Lipinski definition) is 0. The van der Waals surface area contributed by atoms with Crippen molar-refractivity contribution in [3.8, 4) is 0 Å². The van der Waals surface area contributed by atoms with Gasteiger partial charge < -0.3 is 9.29 Å². The van der Waals surface area contributed by atoms with Crippen molar-refractivity contribution in [2.75, 3.05) is 5.75 Å². The zero-order valence-corrected chi connectivity index (χ0v) is 12.4. The third-order valence-corrected chi connectivity index (χ3v) is 3.27. The molecule has 1 aliphatic heterocycles. The molecule has 14 heavy (non-hydrogen) atoms. The molecule has 0 saturated carbocycles. The molecular weight excluding hydrogens is 211 g/mol. The molecule has 0 aromatic heterocycles. The third kappa shape index (κ3) is 3.91. The van der Waals surface area contributed by atoms with Crippen LogP contribution in [0.4, 0.5) is 0 Å². The molecule has 78 valence electrons. The van der Waals surface area contributed by atoms with Crippen LogP contribution in [0.25, 0.3) is 0 Å². The molecule has 0 aliphatic carbocycles. The molecule has 2 unspecified atom stereocenters. The van der Waals surface area contributed by atoms with Crippen molar-refractivity contribution in [3.05, 3.63) is 0 Å². The Morgan fingerprint density at radius 2 is 1.93 bits per heavy atom. The quantitative estimate of drug-likeness (QED) is 0.425. The van der Waals surface area contributed by atoms with Crippen molar-refractivity contribution in [1.29, 1.82) is 0 Å². The first kappa shape index (κ1) is 15.1. The Kier molecular flexibility index (Phi) is 5.31. The van der Waals surface area contributed by atoms with Crippen LogP contribution in [0.1, 0.15) is 34.1 Å². The van der Waals surface area contributed by atoms with Gasteiger partial charge in [0.2, 0.25) is 0 Å². The molecule has 0 spiro atoms. The number of rotatable bonds is 2. The van der Waals surface area contributed by atoms with E-state index in [1.54, 1.807) is 0 Å². The predicted octanol–water partition coefficient (Wildman–Crippen LogP) is -1.54. The van der Waals surface area contributed by atoms with Gasteiger partial charge in [-0.3, -0.25) is 4.21 Å². The van der Waals surface area contributed by atoms with Crippen molar-refractivity contribution in [3.63, 3.8) is 0 Å². The predicted molar refractivity (Wildman–Crippen MR) is 51.1 cm³/mol. The SMILES string of the molecule is CC1(C)CC(CS(=O)[O-])C(C)(C)O1.[Na+]. The van der Waals surface area contributed by atoms with Crippen LogP contribution in [0.3, 0.4) is 0 Å². The topological polar surface area (TPSA) is 49.4 Å². The molecule has 1 heterocycles. The van der Waals surface area contributed by atoms with Gasteiger partial charge in [-0.05, 0) is 34.1 Å². The molecule has 0 N–H and O–H groups in total. The van der Waals surface area contributed by atoms with Crippen LogP contribution in [0.5, 0.6) is 0 Å². The van der Waals surface area contributed by atoms with Crippen LogP contribution in [0.2, 0.25) is 0 Å². The average Bonchev–Trinajstić information content (AvgIpc) is 1.98. The Hall–Kier alpha value is 1.07. The summed E-state index contributed by atoms with van der Waals surface area (Å²) in [6, 6.07) is 0. The van der Waals surface area contributed by atoms with E-state index >= 15 is 0 Å². The molecule has 1 aliphatic rings. The Bertz CT molecular complexity index is 228. The largest absolute Gasteiger partial charge is 1.00 e. The van der Waals surface area contributed by atoms with Crippen LogP contribution in [-0.4, -0.2) is 25.7 Å². The first-order valence-electron chi connectivity index (χ1n) is 4.49. The van der Waals surface area contributed by atoms with Crippen LogP contribution in [0.15, 0.2) is 0 Å². The molecule has 5 heteroatoms. The fourth-order valence-electron chi connectivity index (χ4n) is 2.10. The second-order valence-corrected chi connectivity index (χ2v) is 5.78. The van der Waals surface area contributed by atoms with Crippen molar-refractivity contribution in [2.45, 2.75) is 45.3 Å². The van der Waals surface area contributed by atoms with Gasteiger partial charge in [-0.25, -0.2) is 0 Å². The summed E-state index contributed by atoms with van der Waals surface area (Å²) >= 11 is -1.97. The van der Waals surface area contributed by atoms with Gasteiger partial charge in [0.05, 0.1) is 11.2 Å². The Morgan fingerprint density at radius 3 is 2.21 bits per heavy atom. The molecule has 0 aromatic rings. The standard InChI is InChI=1S/C9H18O3S.Na/c1-8(2)5-7(6-13(10)11)9(3,4)12-8;/h7H,5-6H2,1-4H3,(H,10,11);/q;+1/p-1. The summed E-state index contributed by atoms with van der Waals surface area (Å²) in [5.41, 5.74) is -0.503. The molecule has 0 radical (unpaired) electrons. The Morgan fingerprint density at radius 1 is 1.43 bits per heavy atom. The van der Waals surface area contributed by atoms with E-state index < -0.39 is 11.1 Å². The summed E-state index contributed by atoms with van der Waals surface area (Å²) in [5, 5.41) is 0. The minimum atomic E-state index is -1.97. The minimum absolute atomic E-state index is 0. The van der Waals surface area contributed by atoms with E-state index in [0.29, 0.717) is 0 Å². The van der Waals surface area contributed by atoms with Crippen LogP contribution >= 0.6 is 0 Å². The van der Waals surface area contributed by atoms with E-state index in [0.717, 1.165) is 6.42 Å². The molecule has 1 fully saturated rings. The van der Waals surface area contributed by atoms with E-state index in [4.69, 9.17) is 4.74 Å². The van der Waals surface area contributed by atoms with Crippen LogP contribution in [0, 0.1) is 5.92 Å². The van der Waals surface area contributed by atoms with Gasteiger partial charge in [-0.1, -0.05) is 11.1 Å². The maximum Gasteiger partial charge on any atom is 1.00 e. The van der Waals surface area contributed by atoms with Crippen molar-refractivity contribution in [2.24, 2.45) is 5.92 Å². The molecule has 3 nitrogen and oxygen atoms in total. The van der Waals surface area contributed by atoms with E-state index in [2.05, 4.69) is 0 Å². The van der Waals surface area contributed by atoms with Gasteiger partial charge in [0, 0.05) is 11.7 Å². The monoisotopic (exact) mass is 228 g/mol. The molecule has 0 bridgehead atoms. The summed E-state index contributed by atoms with van der Waals surface area (Å²) in [7, 11) is 0. The maximum absolute atomic E-state index is 10.6. The first-order chi connectivity index (χ1) is 5.73. The van der Waals surface area contributed by atoms with Gasteiger partial charge in [0.15, 0.2) is 0 Å². The van der Waals surface area contributed by atoms with Gasteiger partial charge in [0.1, 0.15) is 0 Å². The zero-order chi connectivity index (χ0) is 10.3. The zero-order valence-electron chi connectivity index (χ0n) is 9.62. The fourth-order valence-corrected chi connectivity index (χ4v) is 2.95. The summed E-state index contributed by atoms with van der Waals surface area (Å²) in [4.78, 5) is 0. The van der Waals surface area contributed by atoms with Crippen molar-refractivity contribution >= 4 is 11.1 Å². The van der Waals surface area contributed by atoms with Crippen LogP contribution in [-0.2, 0) is 15.8 Å². The minimum Gasteiger partial charge on any atom is -0.772 e. The molecule has 1 saturated heterocycles. The normalized spacial score (nSPS) is 30.8. The Balaban J connectivity index is 0.00000169. The smallest absolute Gasteiger partial charge is 0.772 e. The van der Waals surface area contributed by atoms with E-state index in [1.807, 2.05) is 27.7 Å². The molecule has 1 rings (SSSR count). The Labute approximate surface area is 111 Å². The first-order valence-corrected chi connectivity index (χ1v) is 5.73. The second kappa shape index (κ2) is 4.93. The van der Waals surface area contributed by atoms with Gasteiger partial charge in [-0.2, -0.15) is 0 Å². The van der Waals surface area contributed by atoms with Crippen LogP contribution < -0.4 is 29.6 Å². The summed E-state index contributed by atoms with van der Waals surface area (Å²) < 4.78 is 27.0. The summed E-state index contributed by atoms with van der Waals surface area (Å²) in [6.07, 6.45) is 0.813. The molecule has 2 atom stereocenters. The third-order valence-electron chi connectivity index (χ3n) is 2.60. The summed E-state index contributed by atoms with van der Waals surface area (Å²) in [6.45, 7) is 7.92. The summed E-state index contributed by atoms with van der Waals surface area (Å²) in [5.74, 6) is 0.317. The maximum atomic E-state index is 10.6. The van der Waals surface area contributed by atoms with Gasteiger partial charge >= 0.3 is 29.6 Å². The molecule has 0 amide bonds. The van der Waals surface area contributed by atoms with E-state index in [9.17, 15) is 8.76 Å². The van der Waals surface area contributed by atoms with Crippen molar-refractivity contribution in [1.82, 2.24) is 0 Å². The van der Waals surface area contributed by atoms with Gasteiger partial charge in [0.25, 0.3) is 0 Å². The number of hydrogen-bond acceptors (Lipinski definition) is 3. The molecule has 0 aromatic carbocycles. The average molecular weight is 228 g/mol. The van der Waals surface area contributed by atoms with Crippen molar-refractivity contribution < 1.29 is 43.1 Å². The van der Waals surface area contributed by atoms with E-state index in [-0.39, 0.29) is 52.4 Å². The second-order valence-electron chi connectivity index (χ2n) is 4.84. The number of ether oxygens (including phenoxy) is 1. The van der Waals surface area contributed by atoms with E-state index in [1.165, 1.54) is 0 Å². The fraction of sp³-hybridized carbons (Fsp3) is 1.00.